The molecule has 0 unspecified atom stereocenters. The Morgan fingerprint density at radius 2 is 1.85 bits per heavy atom. The molecule has 2 heterocycles. The molecule has 134 valence electrons. The summed E-state index contributed by atoms with van der Waals surface area (Å²) >= 11 is 1.71. The first kappa shape index (κ1) is 17.0. The number of anilines is 1. The number of aromatic nitrogens is 1. The highest BCUT2D eigenvalue weighted by Gasteiger charge is 2.23. The molecule has 0 aliphatic carbocycles. The third-order valence-corrected chi connectivity index (χ3v) is 5.78. The van der Waals surface area contributed by atoms with E-state index in [1.54, 1.807) is 23.5 Å². The maximum Gasteiger partial charge on any atom is 0.227 e. The quantitative estimate of drug-likeness (QED) is 0.707. The van der Waals surface area contributed by atoms with E-state index in [4.69, 9.17) is 4.98 Å². The van der Waals surface area contributed by atoms with Crippen molar-refractivity contribution in [3.8, 4) is 0 Å². The van der Waals surface area contributed by atoms with Gasteiger partial charge >= 0.3 is 0 Å². The van der Waals surface area contributed by atoms with Crippen molar-refractivity contribution in [2.24, 2.45) is 0 Å². The molecule has 1 aromatic heterocycles. The number of hydrogen-bond donors (Lipinski definition) is 0. The summed E-state index contributed by atoms with van der Waals surface area (Å²) in [5.74, 6) is -0.183. The third kappa shape index (κ3) is 3.55. The van der Waals surface area contributed by atoms with E-state index in [-0.39, 0.29) is 11.7 Å². The van der Waals surface area contributed by atoms with Crippen molar-refractivity contribution in [3.63, 3.8) is 0 Å². The number of carbonyl (C=O) groups is 1. The van der Waals surface area contributed by atoms with Gasteiger partial charge in [0, 0.05) is 26.2 Å². The Morgan fingerprint density at radius 1 is 1.12 bits per heavy atom. The van der Waals surface area contributed by atoms with Crippen molar-refractivity contribution in [3.05, 3.63) is 59.4 Å². The Labute approximate surface area is 155 Å². The van der Waals surface area contributed by atoms with E-state index in [9.17, 15) is 9.18 Å². The number of fused-ring (bicyclic) bond motifs is 1. The second kappa shape index (κ2) is 7.03. The molecule has 6 heteroatoms. The molecule has 4 rings (SSSR count). The predicted molar refractivity (Wildman–Crippen MR) is 103 cm³/mol. The number of carbonyl (C=O) groups excluding carboxylic acids is 1. The normalized spacial score (nSPS) is 14.8. The summed E-state index contributed by atoms with van der Waals surface area (Å²) in [6, 6.07) is 12.5. The molecule has 0 bridgehead atoms. The molecule has 0 spiro atoms. The molecule has 0 N–H and O–H groups in total. The van der Waals surface area contributed by atoms with Crippen LogP contribution in [0.1, 0.15) is 11.1 Å². The molecule has 1 amide bonds. The fraction of sp³-hybridized carbons (Fsp3) is 0.300. The lowest BCUT2D eigenvalue weighted by molar-refractivity contribution is -0.130. The lowest BCUT2D eigenvalue weighted by Gasteiger charge is -2.34. The summed E-state index contributed by atoms with van der Waals surface area (Å²) in [6.07, 6.45) is 0.320. The van der Waals surface area contributed by atoms with Crippen LogP contribution in [-0.2, 0) is 11.2 Å². The minimum absolute atomic E-state index is 0.0937. The van der Waals surface area contributed by atoms with Gasteiger partial charge in [-0.3, -0.25) is 4.79 Å². The first-order chi connectivity index (χ1) is 12.6. The highest BCUT2D eigenvalue weighted by Crippen LogP contribution is 2.30. The Balaban J connectivity index is 1.38. The van der Waals surface area contributed by atoms with Gasteiger partial charge in [0.15, 0.2) is 5.13 Å². The van der Waals surface area contributed by atoms with Crippen LogP contribution in [0.5, 0.6) is 0 Å². The van der Waals surface area contributed by atoms with Gasteiger partial charge in [-0.1, -0.05) is 29.5 Å². The molecule has 0 saturated carbocycles. The smallest absolute Gasteiger partial charge is 0.227 e. The Morgan fingerprint density at radius 3 is 2.58 bits per heavy atom. The Kier molecular flexibility index (Phi) is 4.59. The first-order valence-electron chi connectivity index (χ1n) is 8.73. The molecular weight excluding hydrogens is 349 g/mol. The third-order valence-electron chi connectivity index (χ3n) is 4.70. The predicted octanol–water partition coefficient (Wildman–Crippen LogP) is 3.64. The summed E-state index contributed by atoms with van der Waals surface area (Å²) in [4.78, 5) is 21.3. The molecule has 26 heavy (non-hydrogen) atoms. The van der Waals surface area contributed by atoms with Crippen molar-refractivity contribution in [1.82, 2.24) is 9.88 Å². The summed E-state index contributed by atoms with van der Waals surface area (Å²) in [5, 5.41) is 1.02. The highest BCUT2D eigenvalue weighted by molar-refractivity contribution is 7.22. The average Bonchev–Trinajstić information content (AvgIpc) is 3.07. The molecule has 3 aromatic rings. The molecule has 2 aromatic carbocycles. The summed E-state index contributed by atoms with van der Waals surface area (Å²) < 4.78 is 14.2. The van der Waals surface area contributed by atoms with E-state index >= 15 is 0 Å². The molecule has 1 aliphatic heterocycles. The van der Waals surface area contributed by atoms with Crippen molar-refractivity contribution in [2.75, 3.05) is 31.1 Å². The number of halogens is 1. The molecule has 1 saturated heterocycles. The van der Waals surface area contributed by atoms with E-state index < -0.39 is 0 Å². The van der Waals surface area contributed by atoms with Crippen LogP contribution >= 0.6 is 11.3 Å². The summed E-state index contributed by atoms with van der Waals surface area (Å²) in [7, 11) is 0. The summed E-state index contributed by atoms with van der Waals surface area (Å²) in [6.45, 7) is 5.04. The minimum Gasteiger partial charge on any atom is -0.345 e. The van der Waals surface area contributed by atoms with Crippen molar-refractivity contribution < 1.29 is 9.18 Å². The molecule has 4 nitrogen and oxygen atoms in total. The number of amides is 1. The van der Waals surface area contributed by atoms with Crippen LogP contribution in [0.2, 0.25) is 0 Å². The molecule has 0 atom stereocenters. The van der Waals surface area contributed by atoms with Crippen LogP contribution in [0.15, 0.2) is 42.5 Å². The van der Waals surface area contributed by atoms with Gasteiger partial charge in [0.2, 0.25) is 5.91 Å². The number of hydrogen-bond acceptors (Lipinski definition) is 4. The number of aryl methyl sites for hydroxylation is 1. The van der Waals surface area contributed by atoms with Gasteiger partial charge in [-0.05, 0) is 42.3 Å². The van der Waals surface area contributed by atoms with Crippen LogP contribution in [0.25, 0.3) is 10.2 Å². The lowest BCUT2D eigenvalue weighted by atomic mass is 10.1. The maximum absolute atomic E-state index is 13.0. The van der Waals surface area contributed by atoms with E-state index in [0.29, 0.717) is 19.5 Å². The van der Waals surface area contributed by atoms with Crippen LogP contribution < -0.4 is 4.90 Å². The number of thiazole rings is 1. The van der Waals surface area contributed by atoms with Crippen LogP contribution in [-0.4, -0.2) is 42.0 Å². The fourth-order valence-electron chi connectivity index (χ4n) is 3.19. The number of benzene rings is 2. The number of rotatable bonds is 3. The van der Waals surface area contributed by atoms with Gasteiger partial charge in [-0.15, -0.1) is 0 Å². The topological polar surface area (TPSA) is 36.4 Å². The second-order valence-corrected chi connectivity index (χ2v) is 7.65. The van der Waals surface area contributed by atoms with E-state index in [2.05, 4.69) is 30.0 Å². The van der Waals surface area contributed by atoms with E-state index in [0.717, 1.165) is 29.3 Å². The highest BCUT2D eigenvalue weighted by atomic mass is 32.1. The Bertz CT molecular complexity index is 930. The van der Waals surface area contributed by atoms with Crippen molar-refractivity contribution in [2.45, 2.75) is 13.3 Å². The van der Waals surface area contributed by atoms with Crippen LogP contribution in [0.3, 0.4) is 0 Å². The van der Waals surface area contributed by atoms with Crippen molar-refractivity contribution in [1.29, 1.82) is 0 Å². The standard InChI is InChI=1S/C20H20FN3OS/c1-14-2-7-17-18(12-14)26-20(22-17)24-10-8-23(9-11-24)19(25)13-15-3-5-16(21)6-4-15/h2-7,12H,8-11,13H2,1H3. The van der Waals surface area contributed by atoms with E-state index in [1.807, 2.05) is 4.90 Å². The van der Waals surface area contributed by atoms with Gasteiger partial charge in [0.05, 0.1) is 16.6 Å². The largest absolute Gasteiger partial charge is 0.345 e. The zero-order valence-corrected chi connectivity index (χ0v) is 15.4. The van der Waals surface area contributed by atoms with Gasteiger partial charge in [-0.25, -0.2) is 9.37 Å². The van der Waals surface area contributed by atoms with Gasteiger partial charge in [0.25, 0.3) is 0 Å². The Hall–Kier alpha value is -2.47. The lowest BCUT2D eigenvalue weighted by Crippen LogP contribution is -2.49. The fourth-order valence-corrected chi connectivity index (χ4v) is 4.31. The SMILES string of the molecule is Cc1ccc2nc(N3CCN(C(=O)Cc4ccc(F)cc4)CC3)sc2c1. The molecule has 1 fully saturated rings. The molecule has 0 radical (unpaired) electrons. The van der Waals surface area contributed by atoms with E-state index in [1.165, 1.54) is 22.4 Å². The summed E-state index contributed by atoms with van der Waals surface area (Å²) in [5.41, 5.74) is 3.12. The number of piperazine rings is 1. The minimum atomic E-state index is -0.277. The van der Waals surface area contributed by atoms with Crippen LogP contribution in [0.4, 0.5) is 9.52 Å². The monoisotopic (exact) mass is 369 g/mol. The second-order valence-electron chi connectivity index (χ2n) is 6.64. The zero-order valence-electron chi connectivity index (χ0n) is 14.6. The number of nitrogens with zero attached hydrogens (tertiary/aromatic N) is 3. The average molecular weight is 369 g/mol. The van der Waals surface area contributed by atoms with Gasteiger partial charge in [0.1, 0.15) is 5.82 Å². The van der Waals surface area contributed by atoms with Gasteiger partial charge < -0.3 is 9.80 Å². The molecule has 1 aliphatic rings. The maximum atomic E-state index is 13.0. The first-order valence-corrected chi connectivity index (χ1v) is 9.54. The van der Waals surface area contributed by atoms with Crippen molar-refractivity contribution >= 4 is 32.6 Å². The zero-order chi connectivity index (χ0) is 18.1. The van der Waals surface area contributed by atoms with Gasteiger partial charge in [-0.2, -0.15) is 0 Å². The van der Waals surface area contributed by atoms with Crippen LogP contribution in [0, 0.1) is 12.7 Å². The molecular formula is C20H20FN3OS.